The Morgan fingerprint density at radius 3 is 2.79 bits per heavy atom. The van der Waals surface area contributed by atoms with Gasteiger partial charge in [0.1, 0.15) is 17.2 Å². The number of nitrogens with zero attached hydrogens (tertiary/aromatic N) is 3. The summed E-state index contributed by atoms with van der Waals surface area (Å²) in [6.07, 6.45) is 3.86. The van der Waals surface area contributed by atoms with Crippen molar-refractivity contribution in [3.05, 3.63) is 71.0 Å². The van der Waals surface area contributed by atoms with E-state index in [4.69, 9.17) is 16.7 Å². The molecule has 1 aromatic carbocycles. The maximum Gasteiger partial charge on any atom is 0.387 e. The van der Waals surface area contributed by atoms with Crippen molar-refractivity contribution in [1.82, 2.24) is 19.7 Å². The topological polar surface area (TPSA) is 96.2 Å². The van der Waals surface area contributed by atoms with E-state index < -0.39 is 25.1 Å². The van der Waals surface area contributed by atoms with Crippen molar-refractivity contribution in [3.8, 4) is 16.9 Å². The van der Waals surface area contributed by atoms with Crippen LogP contribution < -0.4 is 4.74 Å². The smallest absolute Gasteiger partial charge is 0.387 e. The monoisotopic (exact) mass is 492 g/mol. The van der Waals surface area contributed by atoms with Crippen LogP contribution in [0.4, 0.5) is 13.2 Å². The first-order chi connectivity index (χ1) is 16.2. The van der Waals surface area contributed by atoms with E-state index in [0.717, 1.165) is 23.4 Å². The van der Waals surface area contributed by atoms with Crippen molar-refractivity contribution in [3.63, 3.8) is 0 Å². The molecule has 0 aliphatic heterocycles. The summed E-state index contributed by atoms with van der Waals surface area (Å²) < 4.78 is 46.2. The van der Waals surface area contributed by atoms with E-state index >= 15 is 0 Å². The summed E-state index contributed by atoms with van der Waals surface area (Å²) in [5.74, 6) is -1.10. The molecule has 3 N–H and O–H groups in total. The van der Waals surface area contributed by atoms with Gasteiger partial charge in [0.25, 0.3) is 0 Å². The lowest BCUT2D eigenvalue weighted by atomic mass is 9.97. The molecule has 0 unspecified atom stereocenters. The number of halogens is 4. The molecule has 3 heterocycles. The summed E-state index contributed by atoms with van der Waals surface area (Å²) in [7, 11) is 0. The molecule has 4 aromatic rings. The Morgan fingerprint density at radius 1 is 1.32 bits per heavy atom. The first-order valence-electron chi connectivity index (χ1n) is 10.1. The van der Waals surface area contributed by atoms with E-state index in [9.17, 15) is 18.3 Å². The van der Waals surface area contributed by atoms with Gasteiger partial charge in [-0.2, -0.15) is 13.9 Å². The number of fused-ring (bicyclic) bond motifs is 1. The van der Waals surface area contributed by atoms with Crippen molar-refractivity contribution < 1.29 is 28.1 Å². The maximum absolute atomic E-state index is 14.2. The van der Waals surface area contributed by atoms with Gasteiger partial charge in [-0.1, -0.05) is 18.2 Å². The molecular weight excluding hydrogens is 473 g/mol. The number of pyridine rings is 1. The van der Waals surface area contributed by atoms with Crippen LogP contribution in [0, 0.1) is 12.7 Å². The molecule has 0 bridgehead atoms. The zero-order valence-electron chi connectivity index (χ0n) is 17.9. The summed E-state index contributed by atoms with van der Waals surface area (Å²) in [6, 6.07) is 3.82. The van der Waals surface area contributed by atoms with Crippen LogP contribution in [0.5, 0.6) is 5.75 Å². The first kappa shape index (κ1) is 23.8. The quantitative estimate of drug-likeness (QED) is 0.335. The van der Waals surface area contributed by atoms with E-state index in [1.165, 1.54) is 0 Å². The Hall–Kier alpha value is -3.34. The van der Waals surface area contributed by atoms with E-state index in [0.29, 0.717) is 22.2 Å². The Kier molecular flexibility index (Phi) is 6.65. The van der Waals surface area contributed by atoms with E-state index in [1.807, 2.05) is 6.92 Å². The lowest BCUT2D eigenvalue weighted by molar-refractivity contribution is -0.0500. The second-order valence-corrected chi connectivity index (χ2v) is 7.95. The molecule has 0 amide bonds. The molecule has 34 heavy (non-hydrogen) atoms. The third kappa shape index (κ3) is 4.39. The van der Waals surface area contributed by atoms with Crippen molar-refractivity contribution in [2.75, 3.05) is 6.61 Å². The van der Waals surface area contributed by atoms with Crippen LogP contribution in [0.3, 0.4) is 0 Å². The van der Waals surface area contributed by atoms with Crippen LogP contribution in [-0.2, 0) is 6.54 Å². The summed E-state index contributed by atoms with van der Waals surface area (Å²) in [5.41, 5.74) is 3.21. The van der Waals surface area contributed by atoms with Gasteiger partial charge in [0.2, 0.25) is 0 Å². The van der Waals surface area contributed by atoms with Crippen LogP contribution in [0.1, 0.15) is 16.8 Å². The minimum atomic E-state index is -3.13. The number of hydrogen-bond donors (Lipinski definition) is 3. The van der Waals surface area contributed by atoms with Gasteiger partial charge in [0, 0.05) is 45.7 Å². The van der Waals surface area contributed by atoms with Crippen molar-refractivity contribution in [1.29, 1.82) is 0 Å². The summed E-state index contributed by atoms with van der Waals surface area (Å²) in [6.45, 7) is 2.37. The highest BCUT2D eigenvalue weighted by atomic mass is 35.5. The number of aromatic nitrogens is 4. The molecule has 0 saturated carbocycles. The third-order valence-corrected chi connectivity index (χ3v) is 5.81. The van der Waals surface area contributed by atoms with Crippen molar-refractivity contribution >= 4 is 28.2 Å². The summed E-state index contributed by atoms with van der Waals surface area (Å²) in [4.78, 5) is 7.40. The second-order valence-electron chi connectivity index (χ2n) is 7.58. The molecule has 178 valence electrons. The number of benzene rings is 1. The predicted octanol–water partition coefficient (Wildman–Crippen LogP) is 4.54. The average Bonchev–Trinajstić information content (AvgIpc) is 3.38. The van der Waals surface area contributed by atoms with Gasteiger partial charge in [0.05, 0.1) is 30.5 Å². The minimum absolute atomic E-state index is 0.0877. The van der Waals surface area contributed by atoms with E-state index in [2.05, 4.69) is 26.4 Å². The van der Waals surface area contributed by atoms with Gasteiger partial charge in [-0.3, -0.25) is 4.68 Å². The lowest BCUT2D eigenvalue weighted by Gasteiger charge is -2.15. The molecule has 0 radical (unpaired) electrons. The fourth-order valence-electron chi connectivity index (χ4n) is 3.71. The molecular formula is C23H20ClF3N4O3. The van der Waals surface area contributed by atoms with Gasteiger partial charge >= 0.3 is 6.61 Å². The number of rotatable bonds is 8. The van der Waals surface area contributed by atoms with Crippen LogP contribution >= 0.6 is 11.6 Å². The molecule has 0 spiro atoms. The maximum atomic E-state index is 14.2. The number of alkyl halides is 2. The van der Waals surface area contributed by atoms with Gasteiger partial charge in [-0.05, 0) is 30.7 Å². The Balaban J connectivity index is 1.78. The zero-order chi connectivity index (χ0) is 24.6. The van der Waals surface area contributed by atoms with Crippen molar-refractivity contribution in [2.24, 2.45) is 0 Å². The minimum Gasteiger partial charge on any atom is -0.434 e. The molecule has 11 heteroatoms. The van der Waals surface area contributed by atoms with Crippen LogP contribution in [0.2, 0.25) is 5.02 Å². The number of aliphatic hydroxyl groups excluding tert-OH is 2. The molecule has 3 aromatic heterocycles. The highest BCUT2D eigenvalue weighted by Gasteiger charge is 2.22. The van der Waals surface area contributed by atoms with Gasteiger partial charge in [-0.25, -0.2) is 9.37 Å². The predicted molar refractivity (Wildman–Crippen MR) is 121 cm³/mol. The summed E-state index contributed by atoms with van der Waals surface area (Å²) in [5, 5.41) is 23.3. The Labute approximate surface area is 197 Å². The zero-order valence-corrected chi connectivity index (χ0v) is 18.7. The Morgan fingerprint density at radius 2 is 2.09 bits per heavy atom. The normalized spacial score (nSPS) is 12.5. The van der Waals surface area contributed by atoms with Crippen LogP contribution in [0.25, 0.3) is 27.7 Å². The van der Waals surface area contributed by atoms with E-state index in [1.54, 1.807) is 29.3 Å². The Bertz CT molecular complexity index is 1370. The fourth-order valence-corrected chi connectivity index (χ4v) is 3.98. The number of hydrogen-bond acceptors (Lipinski definition) is 5. The van der Waals surface area contributed by atoms with Gasteiger partial charge in [0.15, 0.2) is 0 Å². The number of ether oxygens (including phenoxy) is 1. The number of nitrogens with one attached hydrogen (secondary N) is 1. The lowest BCUT2D eigenvalue weighted by Crippen LogP contribution is -2.21. The number of aliphatic hydroxyl groups is 2. The van der Waals surface area contributed by atoms with Crippen molar-refractivity contribution in [2.45, 2.75) is 26.2 Å². The van der Waals surface area contributed by atoms with Crippen LogP contribution in [-0.4, -0.2) is 49.3 Å². The molecule has 7 nitrogen and oxygen atoms in total. The second kappa shape index (κ2) is 9.49. The molecule has 1 atom stereocenters. The largest absolute Gasteiger partial charge is 0.434 e. The number of aromatic amines is 1. The SMILES string of the molecule is C=C(c1c(OC(F)F)ccc(F)c1Cl)c1c[nH]c2ncc(-c3cnn(C[C@H](O)CO)c3C)cc12. The standard InChI is InChI=1S/C23H20ClF3N4O3/c1-11(20-19(34-23(26)27)4-3-18(25)21(20)24)16-7-29-22-15(16)5-13(6-28-22)17-8-30-31(12(17)2)9-14(33)10-32/h3-8,14,23,32-33H,1,9-10H2,2H3,(H,28,29)/t14-/m0/s1. The highest BCUT2D eigenvalue weighted by Crippen LogP contribution is 2.40. The summed E-state index contributed by atoms with van der Waals surface area (Å²) >= 11 is 6.11. The van der Waals surface area contributed by atoms with Gasteiger partial charge in [-0.15, -0.1) is 0 Å². The number of H-pyrrole nitrogens is 1. The molecule has 0 aliphatic carbocycles. The fraction of sp³-hybridized carbons (Fsp3) is 0.217. The van der Waals surface area contributed by atoms with E-state index in [-0.39, 0.29) is 28.5 Å². The highest BCUT2D eigenvalue weighted by molar-refractivity contribution is 6.33. The third-order valence-electron chi connectivity index (χ3n) is 5.44. The first-order valence-corrected chi connectivity index (χ1v) is 10.5. The molecule has 0 saturated heterocycles. The molecule has 0 aliphatic rings. The molecule has 0 fully saturated rings. The van der Waals surface area contributed by atoms with Crippen LogP contribution in [0.15, 0.2) is 43.4 Å². The molecule has 4 rings (SSSR count). The van der Waals surface area contributed by atoms with Gasteiger partial charge < -0.3 is 19.9 Å². The average molecular weight is 493 g/mol.